The van der Waals surface area contributed by atoms with Gasteiger partial charge in [0.1, 0.15) is 17.1 Å². The second-order valence-electron chi connectivity index (χ2n) is 6.79. The molecule has 1 heterocycles. The molecule has 2 atom stereocenters. The predicted octanol–water partition coefficient (Wildman–Crippen LogP) is 3.10. The van der Waals surface area contributed by atoms with Crippen LogP contribution in [0, 0.1) is 6.92 Å². The second-order valence-corrected chi connectivity index (χ2v) is 6.79. The maximum atomic E-state index is 12.3. The van der Waals surface area contributed by atoms with Gasteiger partial charge in [-0.25, -0.2) is 9.78 Å². The zero-order valence-corrected chi connectivity index (χ0v) is 15.6. The Hall–Kier alpha value is -2.86. The van der Waals surface area contributed by atoms with Crippen molar-refractivity contribution in [2.75, 3.05) is 6.61 Å². The third-order valence-corrected chi connectivity index (χ3v) is 5.08. The third kappa shape index (κ3) is 2.96. The molecule has 4 rings (SSSR count). The number of benzene rings is 2. The Morgan fingerprint density at radius 2 is 2.11 bits per heavy atom. The normalized spacial score (nSPS) is 18.5. The standard InChI is InChI=1S/C21H22N2O4/c1-4-26-21(25)14-9-16-19(22-12(2)23(16)3)18(11-14)27-20-15-8-6-5-7-13(15)10-17(20)24/h5-9,11,17,20,24H,4,10H2,1-3H3/t17-,20-/m1/s1. The van der Waals surface area contributed by atoms with Crippen LogP contribution >= 0.6 is 0 Å². The van der Waals surface area contributed by atoms with Crippen molar-refractivity contribution in [1.29, 1.82) is 0 Å². The Labute approximate surface area is 157 Å². The highest BCUT2D eigenvalue weighted by atomic mass is 16.5. The molecule has 1 aliphatic rings. The lowest BCUT2D eigenvalue weighted by Crippen LogP contribution is -2.19. The number of hydrogen-bond donors (Lipinski definition) is 1. The van der Waals surface area contributed by atoms with E-state index in [4.69, 9.17) is 9.47 Å². The number of esters is 1. The van der Waals surface area contributed by atoms with E-state index in [1.807, 2.05) is 42.8 Å². The summed E-state index contributed by atoms with van der Waals surface area (Å²) in [6, 6.07) is 11.3. The van der Waals surface area contributed by atoms with E-state index in [0.29, 0.717) is 29.9 Å². The molecule has 1 N–H and O–H groups in total. The molecule has 1 aromatic heterocycles. The lowest BCUT2D eigenvalue weighted by atomic mass is 10.1. The zero-order valence-electron chi connectivity index (χ0n) is 15.6. The molecule has 6 heteroatoms. The van der Waals surface area contributed by atoms with Gasteiger partial charge in [0.15, 0.2) is 6.10 Å². The van der Waals surface area contributed by atoms with E-state index in [9.17, 15) is 9.90 Å². The van der Waals surface area contributed by atoms with Crippen LogP contribution in [0.1, 0.15) is 40.3 Å². The van der Waals surface area contributed by atoms with Crippen LogP contribution in [0.25, 0.3) is 11.0 Å². The highest BCUT2D eigenvalue weighted by Crippen LogP contribution is 2.38. The molecule has 0 bridgehead atoms. The third-order valence-electron chi connectivity index (χ3n) is 5.08. The summed E-state index contributed by atoms with van der Waals surface area (Å²) in [6.07, 6.45) is -0.597. The van der Waals surface area contributed by atoms with Gasteiger partial charge in [-0.15, -0.1) is 0 Å². The number of hydrogen-bond acceptors (Lipinski definition) is 5. The Kier molecular flexibility index (Phi) is 4.36. The molecule has 2 aromatic carbocycles. The molecule has 0 radical (unpaired) electrons. The van der Waals surface area contributed by atoms with Gasteiger partial charge in [-0.1, -0.05) is 24.3 Å². The monoisotopic (exact) mass is 366 g/mol. The number of carbonyl (C=O) groups excluding carboxylic acids is 1. The number of aliphatic hydroxyl groups excluding tert-OH is 1. The molecule has 0 saturated heterocycles. The lowest BCUT2D eigenvalue weighted by Gasteiger charge is -2.19. The van der Waals surface area contributed by atoms with Gasteiger partial charge in [0, 0.05) is 13.5 Å². The van der Waals surface area contributed by atoms with Gasteiger partial charge in [-0.2, -0.15) is 0 Å². The average molecular weight is 366 g/mol. The number of nitrogens with zero attached hydrogens (tertiary/aromatic N) is 2. The summed E-state index contributed by atoms with van der Waals surface area (Å²) < 4.78 is 13.3. The van der Waals surface area contributed by atoms with Crippen LogP contribution in [0.15, 0.2) is 36.4 Å². The summed E-state index contributed by atoms with van der Waals surface area (Å²) >= 11 is 0. The molecule has 27 heavy (non-hydrogen) atoms. The summed E-state index contributed by atoms with van der Waals surface area (Å²) in [5.74, 6) is 0.874. The van der Waals surface area contributed by atoms with Gasteiger partial charge >= 0.3 is 5.97 Å². The lowest BCUT2D eigenvalue weighted by molar-refractivity contribution is 0.0493. The van der Waals surface area contributed by atoms with Crippen molar-refractivity contribution in [2.24, 2.45) is 7.05 Å². The van der Waals surface area contributed by atoms with E-state index in [-0.39, 0.29) is 0 Å². The van der Waals surface area contributed by atoms with E-state index in [1.165, 1.54) is 0 Å². The van der Waals surface area contributed by atoms with E-state index < -0.39 is 18.2 Å². The van der Waals surface area contributed by atoms with Crippen LogP contribution in [-0.4, -0.2) is 33.3 Å². The maximum Gasteiger partial charge on any atom is 0.338 e. The van der Waals surface area contributed by atoms with Crippen molar-refractivity contribution in [1.82, 2.24) is 9.55 Å². The quantitative estimate of drug-likeness (QED) is 0.718. The van der Waals surface area contributed by atoms with Crippen molar-refractivity contribution < 1.29 is 19.4 Å². The molecule has 140 valence electrons. The van der Waals surface area contributed by atoms with E-state index in [2.05, 4.69) is 4.98 Å². The fourth-order valence-electron chi connectivity index (χ4n) is 3.61. The van der Waals surface area contributed by atoms with Gasteiger partial charge in [0.2, 0.25) is 0 Å². The fraction of sp³-hybridized carbons (Fsp3) is 0.333. The number of carbonyl (C=O) groups is 1. The number of aryl methyl sites for hydroxylation is 2. The maximum absolute atomic E-state index is 12.3. The Bertz CT molecular complexity index is 1020. The summed E-state index contributed by atoms with van der Waals surface area (Å²) in [6.45, 7) is 3.97. The molecule has 1 aliphatic carbocycles. The number of rotatable bonds is 4. The minimum Gasteiger partial charge on any atom is -0.481 e. The van der Waals surface area contributed by atoms with Crippen LogP contribution in [0.3, 0.4) is 0 Å². The van der Waals surface area contributed by atoms with Crippen molar-refractivity contribution in [3.63, 3.8) is 0 Å². The highest BCUT2D eigenvalue weighted by molar-refractivity contribution is 5.96. The molecule has 0 amide bonds. The van der Waals surface area contributed by atoms with Gasteiger partial charge in [0.05, 0.1) is 23.8 Å². The Morgan fingerprint density at radius 3 is 2.89 bits per heavy atom. The summed E-state index contributed by atoms with van der Waals surface area (Å²) in [5.41, 5.74) is 3.90. The topological polar surface area (TPSA) is 73.6 Å². The van der Waals surface area contributed by atoms with Gasteiger partial charge in [-0.05, 0) is 37.1 Å². The van der Waals surface area contributed by atoms with E-state index in [0.717, 1.165) is 22.5 Å². The molecular formula is C21H22N2O4. The molecule has 0 aliphatic heterocycles. The number of aromatic nitrogens is 2. The first-order chi connectivity index (χ1) is 13.0. The predicted molar refractivity (Wildman–Crippen MR) is 101 cm³/mol. The highest BCUT2D eigenvalue weighted by Gasteiger charge is 2.33. The summed E-state index contributed by atoms with van der Waals surface area (Å²) in [7, 11) is 1.89. The molecule has 0 spiro atoms. The van der Waals surface area contributed by atoms with Crippen LogP contribution < -0.4 is 4.74 Å². The number of aliphatic hydroxyl groups is 1. The molecule has 0 fully saturated rings. The molecule has 0 unspecified atom stereocenters. The van der Waals surface area contributed by atoms with Gasteiger partial charge in [-0.3, -0.25) is 0 Å². The Balaban J connectivity index is 1.81. The number of imidazole rings is 1. The van der Waals surface area contributed by atoms with E-state index in [1.54, 1.807) is 19.1 Å². The molecule has 6 nitrogen and oxygen atoms in total. The smallest absolute Gasteiger partial charge is 0.338 e. The first-order valence-electron chi connectivity index (χ1n) is 9.06. The first-order valence-corrected chi connectivity index (χ1v) is 9.06. The summed E-state index contributed by atoms with van der Waals surface area (Å²) in [5, 5.41) is 10.5. The largest absolute Gasteiger partial charge is 0.481 e. The van der Waals surface area contributed by atoms with Crippen molar-refractivity contribution >= 4 is 17.0 Å². The van der Waals surface area contributed by atoms with Crippen LogP contribution in [0.5, 0.6) is 5.75 Å². The molecular weight excluding hydrogens is 344 g/mol. The summed E-state index contributed by atoms with van der Waals surface area (Å²) in [4.78, 5) is 16.9. The van der Waals surface area contributed by atoms with E-state index >= 15 is 0 Å². The Morgan fingerprint density at radius 1 is 1.33 bits per heavy atom. The second kappa shape index (κ2) is 6.70. The minimum atomic E-state index is -0.645. The fourth-order valence-corrected chi connectivity index (χ4v) is 3.61. The van der Waals surface area contributed by atoms with Crippen LogP contribution in [0.4, 0.5) is 0 Å². The SMILES string of the molecule is CCOC(=O)c1cc(O[C@@H]2c3ccccc3C[C@H]2O)c2nc(C)n(C)c2c1. The number of ether oxygens (including phenoxy) is 2. The minimum absolute atomic E-state index is 0.298. The number of fused-ring (bicyclic) bond motifs is 2. The first kappa shape index (κ1) is 17.5. The van der Waals surface area contributed by atoms with Crippen molar-refractivity contribution in [2.45, 2.75) is 32.5 Å². The molecule has 3 aromatic rings. The van der Waals surface area contributed by atoms with Crippen molar-refractivity contribution in [3.05, 3.63) is 58.9 Å². The van der Waals surface area contributed by atoms with Gasteiger partial charge in [0.25, 0.3) is 0 Å². The van der Waals surface area contributed by atoms with Gasteiger partial charge < -0.3 is 19.1 Å². The van der Waals surface area contributed by atoms with Crippen LogP contribution in [-0.2, 0) is 18.2 Å². The molecule has 0 saturated carbocycles. The van der Waals surface area contributed by atoms with Crippen molar-refractivity contribution in [3.8, 4) is 5.75 Å². The average Bonchev–Trinajstić information content (AvgIpc) is 3.12. The van der Waals surface area contributed by atoms with Crippen LogP contribution in [0.2, 0.25) is 0 Å². The zero-order chi connectivity index (χ0) is 19.1.